The second kappa shape index (κ2) is 5.90. The number of nitrogens with zero attached hydrogens (tertiary/aromatic N) is 3. The molecular formula is C14H13F3N4. The van der Waals surface area contributed by atoms with Crippen molar-refractivity contribution < 1.29 is 13.2 Å². The summed E-state index contributed by atoms with van der Waals surface area (Å²) in [4.78, 5) is 6.50. The summed E-state index contributed by atoms with van der Waals surface area (Å²) in [6.45, 7) is 3.92. The second-order valence-corrected chi connectivity index (χ2v) is 4.53. The maximum absolute atomic E-state index is 12.3. The van der Waals surface area contributed by atoms with Gasteiger partial charge in [-0.3, -0.25) is 5.43 Å². The minimum absolute atomic E-state index is 0.375. The molecule has 0 aliphatic rings. The first-order valence-electron chi connectivity index (χ1n) is 6.12. The summed E-state index contributed by atoms with van der Waals surface area (Å²) in [6, 6.07) is 5.82. The highest BCUT2D eigenvalue weighted by molar-refractivity contribution is 5.79. The first-order valence-corrected chi connectivity index (χ1v) is 6.12. The SMILES string of the molecule is Cc1ccc(N/N=C/c2cnc(C(F)(F)F)nc2)c(C)c1. The zero-order valence-electron chi connectivity index (χ0n) is 11.4. The number of alkyl halides is 3. The van der Waals surface area contributed by atoms with Crippen LogP contribution in [-0.2, 0) is 6.18 Å². The number of aromatic nitrogens is 2. The molecule has 0 fully saturated rings. The van der Waals surface area contributed by atoms with Crippen LogP contribution in [0.4, 0.5) is 18.9 Å². The molecule has 1 aromatic carbocycles. The summed E-state index contributed by atoms with van der Waals surface area (Å²) < 4.78 is 36.9. The van der Waals surface area contributed by atoms with Crippen LogP contribution in [0, 0.1) is 13.8 Å². The highest BCUT2D eigenvalue weighted by atomic mass is 19.4. The topological polar surface area (TPSA) is 50.2 Å². The summed E-state index contributed by atoms with van der Waals surface area (Å²) in [5.41, 5.74) is 6.19. The van der Waals surface area contributed by atoms with Crippen LogP contribution in [0.3, 0.4) is 0 Å². The van der Waals surface area contributed by atoms with E-state index in [1.807, 2.05) is 32.0 Å². The molecule has 2 rings (SSSR count). The Morgan fingerprint density at radius 3 is 2.38 bits per heavy atom. The number of hydrogen-bond acceptors (Lipinski definition) is 4. The molecule has 1 aromatic heterocycles. The van der Waals surface area contributed by atoms with Crippen molar-refractivity contribution in [2.24, 2.45) is 5.10 Å². The minimum atomic E-state index is -4.53. The normalized spacial score (nSPS) is 11.9. The molecule has 0 unspecified atom stereocenters. The largest absolute Gasteiger partial charge is 0.451 e. The molecule has 0 radical (unpaired) electrons. The van der Waals surface area contributed by atoms with Crippen molar-refractivity contribution in [1.29, 1.82) is 0 Å². The minimum Gasteiger partial charge on any atom is -0.278 e. The quantitative estimate of drug-likeness (QED) is 0.695. The van der Waals surface area contributed by atoms with Gasteiger partial charge < -0.3 is 0 Å². The molecule has 1 heterocycles. The van der Waals surface area contributed by atoms with Gasteiger partial charge in [0.25, 0.3) is 0 Å². The van der Waals surface area contributed by atoms with Gasteiger partial charge in [-0.15, -0.1) is 0 Å². The molecule has 0 saturated heterocycles. The van der Waals surface area contributed by atoms with Crippen molar-refractivity contribution in [3.05, 3.63) is 53.1 Å². The van der Waals surface area contributed by atoms with Gasteiger partial charge >= 0.3 is 6.18 Å². The molecule has 7 heteroatoms. The predicted octanol–water partition coefficient (Wildman–Crippen LogP) is 3.56. The molecular weight excluding hydrogens is 281 g/mol. The lowest BCUT2D eigenvalue weighted by atomic mass is 10.1. The number of anilines is 1. The summed E-state index contributed by atoms with van der Waals surface area (Å²) in [6.07, 6.45) is -1.03. The highest BCUT2D eigenvalue weighted by Crippen LogP contribution is 2.25. The molecule has 0 bridgehead atoms. The Morgan fingerprint density at radius 2 is 1.81 bits per heavy atom. The first-order chi connectivity index (χ1) is 9.86. The molecule has 0 aliphatic heterocycles. The van der Waals surface area contributed by atoms with Gasteiger partial charge in [-0.2, -0.15) is 18.3 Å². The molecule has 0 saturated carbocycles. The standard InChI is InChI=1S/C14H13F3N4/c1-9-3-4-12(10(2)5-9)21-20-8-11-6-18-13(19-7-11)14(15,16)17/h3-8,21H,1-2H3/b20-8+. The van der Waals surface area contributed by atoms with Crippen molar-refractivity contribution in [2.75, 3.05) is 5.43 Å². The van der Waals surface area contributed by atoms with Gasteiger partial charge in [-0.25, -0.2) is 9.97 Å². The second-order valence-electron chi connectivity index (χ2n) is 4.53. The molecule has 0 aliphatic carbocycles. The lowest BCUT2D eigenvalue weighted by Crippen LogP contribution is -2.10. The van der Waals surface area contributed by atoms with Crippen LogP contribution in [0.5, 0.6) is 0 Å². The van der Waals surface area contributed by atoms with E-state index in [0.29, 0.717) is 5.56 Å². The Hall–Kier alpha value is -2.44. The van der Waals surface area contributed by atoms with Gasteiger partial charge in [0, 0.05) is 18.0 Å². The van der Waals surface area contributed by atoms with Gasteiger partial charge in [0.15, 0.2) is 0 Å². The molecule has 0 spiro atoms. The fraction of sp³-hybridized carbons (Fsp3) is 0.214. The number of hydrazone groups is 1. The predicted molar refractivity (Wildman–Crippen MR) is 74.2 cm³/mol. The third-order valence-corrected chi connectivity index (χ3v) is 2.71. The first kappa shape index (κ1) is 15.0. The molecule has 2 aromatic rings. The maximum atomic E-state index is 12.3. The molecule has 0 atom stereocenters. The Balaban J connectivity index is 2.04. The van der Waals surface area contributed by atoms with Crippen LogP contribution in [0.1, 0.15) is 22.5 Å². The summed E-state index contributed by atoms with van der Waals surface area (Å²) in [5.74, 6) is -1.16. The van der Waals surface area contributed by atoms with E-state index in [-0.39, 0.29) is 0 Å². The lowest BCUT2D eigenvalue weighted by molar-refractivity contribution is -0.145. The van der Waals surface area contributed by atoms with Crippen LogP contribution < -0.4 is 5.43 Å². The van der Waals surface area contributed by atoms with Crippen molar-refractivity contribution in [1.82, 2.24) is 9.97 Å². The van der Waals surface area contributed by atoms with Crippen molar-refractivity contribution >= 4 is 11.9 Å². The van der Waals surface area contributed by atoms with Crippen molar-refractivity contribution in [3.8, 4) is 0 Å². The van der Waals surface area contributed by atoms with Crippen LogP contribution in [-0.4, -0.2) is 16.2 Å². The summed E-state index contributed by atoms with van der Waals surface area (Å²) in [5, 5.41) is 3.96. The molecule has 21 heavy (non-hydrogen) atoms. The van der Waals surface area contributed by atoms with E-state index < -0.39 is 12.0 Å². The van der Waals surface area contributed by atoms with Gasteiger partial charge in [-0.1, -0.05) is 17.7 Å². The molecule has 110 valence electrons. The van der Waals surface area contributed by atoms with Gasteiger partial charge in [-0.05, 0) is 25.5 Å². The van der Waals surface area contributed by atoms with Crippen LogP contribution >= 0.6 is 0 Å². The number of benzene rings is 1. The van der Waals surface area contributed by atoms with Gasteiger partial charge in [0.05, 0.1) is 11.9 Å². The number of hydrogen-bond donors (Lipinski definition) is 1. The zero-order valence-corrected chi connectivity index (χ0v) is 11.4. The highest BCUT2D eigenvalue weighted by Gasteiger charge is 2.34. The van der Waals surface area contributed by atoms with E-state index in [2.05, 4.69) is 20.5 Å². The van der Waals surface area contributed by atoms with Crippen LogP contribution in [0.25, 0.3) is 0 Å². The smallest absolute Gasteiger partial charge is 0.278 e. The third kappa shape index (κ3) is 4.01. The monoisotopic (exact) mass is 294 g/mol. The van der Waals surface area contributed by atoms with E-state index in [1.54, 1.807) is 0 Å². The lowest BCUT2D eigenvalue weighted by Gasteiger charge is -2.05. The van der Waals surface area contributed by atoms with Crippen molar-refractivity contribution in [3.63, 3.8) is 0 Å². The third-order valence-electron chi connectivity index (χ3n) is 2.71. The Labute approximate surface area is 119 Å². The fourth-order valence-electron chi connectivity index (χ4n) is 1.67. The van der Waals surface area contributed by atoms with Crippen LogP contribution in [0.15, 0.2) is 35.7 Å². The molecule has 4 nitrogen and oxygen atoms in total. The maximum Gasteiger partial charge on any atom is 0.451 e. The van der Waals surface area contributed by atoms with E-state index in [4.69, 9.17) is 0 Å². The summed E-state index contributed by atoms with van der Waals surface area (Å²) >= 11 is 0. The van der Waals surface area contributed by atoms with Crippen LogP contribution in [0.2, 0.25) is 0 Å². The molecule has 0 amide bonds. The number of halogens is 3. The van der Waals surface area contributed by atoms with Gasteiger partial charge in [0.1, 0.15) is 0 Å². The Kier molecular flexibility index (Phi) is 4.21. The Bertz CT molecular complexity index is 648. The van der Waals surface area contributed by atoms with E-state index >= 15 is 0 Å². The number of rotatable bonds is 3. The summed E-state index contributed by atoms with van der Waals surface area (Å²) in [7, 11) is 0. The van der Waals surface area contributed by atoms with E-state index in [0.717, 1.165) is 29.2 Å². The number of aryl methyl sites for hydroxylation is 2. The van der Waals surface area contributed by atoms with E-state index in [9.17, 15) is 13.2 Å². The molecule has 1 N–H and O–H groups in total. The van der Waals surface area contributed by atoms with Gasteiger partial charge in [0.2, 0.25) is 5.82 Å². The fourth-order valence-corrected chi connectivity index (χ4v) is 1.67. The Morgan fingerprint density at radius 1 is 1.14 bits per heavy atom. The zero-order chi connectivity index (χ0) is 15.5. The average molecular weight is 294 g/mol. The average Bonchev–Trinajstić information content (AvgIpc) is 2.41. The number of nitrogens with one attached hydrogen (secondary N) is 1. The van der Waals surface area contributed by atoms with Crippen molar-refractivity contribution in [2.45, 2.75) is 20.0 Å². The van der Waals surface area contributed by atoms with E-state index in [1.165, 1.54) is 6.21 Å².